The van der Waals surface area contributed by atoms with Gasteiger partial charge in [-0.2, -0.15) is 0 Å². The molecule has 268 valence electrons. The van der Waals surface area contributed by atoms with Crippen LogP contribution >= 0.6 is 0 Å². The first-order valence-electron chi connectivity index (χ1n) is 17.0. The number of aliphatic hydroxyl groups excluding tert-OH is 4. The molecule has 1 aliphatic rings. The van der Waals surface area contributed by atoms with E-state index in [9.17, 15) is 35.4 Å². The van der Waals surface area contributed by atoms with Crippen molar-refractivity contribution in [1.29, 1.82) is 0 Å². The highest BCUT2D eigenvalue weighted by molar-refractivity contribution is 5.97. The summed E-state index contributed by atoms with van der Waals surface area (Å²) in [4.78, 5) is 20.0. The molecule has 0 aromatic heterocycles. The fourth-order valence-corrected chi connectivity index (χ4v) is 6.17. The summed E-state index contributed by atoms with van der Waals surface area (Å²) in [5.41, 5.74) is 5.26. The first-order valence-corrected chi connectivity index (χ1v) is 17.0. The number of hydrogen-bond acceptors (Lipinski definition) is 11. The number of carbonyl (C=O) groups excluding carboxylic acids is 1. The number of phenolic OH excluding ortho intramolecular Hbond substituents is 2. The van der Waals surface area contributed by atoms with Crippen LogP contribution in [-0.4, -0.2) is 129 Å². The third-order valence-corrected chi connectivity index (χ3v) is 9.02. The van der Waals surface area contributed by atoms with Crippen molar-refractivity contribution in [1.82, 2.24) is 25.3 Å². The maximum absolute atomic E-state index is 13.0. The fraction of sp³-hybridized carbons (Fsp3) is 0.486. The first kappa shape index (κ1) is 38.2. The third kappa shape index (κ3) is 11.2. The highest BCUT2D eigenvalue weighted by atomic mass is 16.3. The minimum atomic E-state index is -0.825. The van der Waals surface area contributed by atoms with E-state index in [1.54, 1.807) is 6.07 Å². The van der Waals surface area contributed by atoms with Gasteiger partial charge in [0.1, 0.15) is 11.5 Å². The molecule has 3 aromatic rings. The Balaban J connectivity index is 1.56. The maximum Gasteiger partial charge on any atom is 0.255 e. The zero-order valence-corrected chi connectivity index (χ0v) is 28.7. The molecule has 1 heterocycles. The minimum Gasteiger partial charge on any atom is -0.507 e. The predicted octanol–water partition coefficient (Wildman–Crippen LogP) is 1.06. The summed E-state index contributed by atoms with van der Waals surface area (Å²) in [6, 6.07) is 16.4. The molecule has 0 saturated carbocycles. The molecule has 0 unspecified atom stereocenters. The van der Waals surface area contributed by atoms with Gasteiger partial charge in [-0.15, -0.1) is 0 Å². The summed E-state index contributed by atoms with van der Waals surface area (Å²) in [6.07, 6.45) is 0. The van der Waals surface area contributed by atoms with E-state index in [1.165, 1.54) is 5.56 Å². The lowest BCUT2D eigenvalue weighted by atomic mass is 10.0. The Bertz CT molecular complexity index is 1480. The molecule has 0 atom stereocenters. The van der Waals surface area contributed by atoms with Crippen LogP contribution in [0.5, 0.6) is 11.5 Å². The second kappa shape index (κ2) is 19.0. The Hall–Kier alpha value is -3.59. The number of hydrogen-bond donors (Lipinski definition) is 8. The summed E-state index contributed by atoms with van der Waals surface area (Å²) < 4.78 is 0. The first-order chi connectivity index (χ1) is 23.6. The smallest absolute Gasteiger partial charge is 0.255 e. The Morgan fingerprint density at radius 2 is 1.12 bits per heavy atom. The van der Waals surface area contributed by atoms with Crippen molar-refractivity contribution in [3.8, 4) is 11.5 Å². The van der Waals surface area contributed by atoms with E-state index in [1.807, 2.05) is 50.2 Å². The van der Waals surface area contributed by atoms with Crippen molar-refractivity contribution in [2.45, 2.75) is 52.1 Å². The van der Waals surface area contributed by atoms with Crippen molar-refractivity contribution in [3.05, 3.63) is 93.5 Å². The standard InChI is InChI=1S/C37H53N5O7/c1-26-14-29(18-38-32(22-43)23-44)35(47)30(15-26)20-41-10-8-40(19-28-6-4-3-5-7-28)9-11-42(13-12-41)21-31-16-27(2)17-34(36(31)48)37(49)39-33(24-45)25-46/h3-7,14-17,32-33,38,43-48H,8-13,18-25H2,1-2H3,(H,39,49). The van der Waals surface area contributed by atoms with E-state index in [4.69, 9.17) is 0 Å². The molecular formula is C37H53N5O7. The Kier molecular flexibility index (Phi) is 14.8. The van der Waals surface area contributed by atoms with Crippen molar-refractivity contribution >= 4 is 5.91 Å². The third-order valence-electron chi connectivity index (χ3n) is 9.02. The number of nitrogens with one attached hydrogen (secondary N) is 2. The number of carbonyl (C=O) groups is 1. The van der Waals surface area contributed by atoms with Gasteiger partial charge >= 0.3 is 0 Å². The molecule has 3 aromatic carbocycles. The average molecular weight is 680 g/mol. The van der Waals surface area contributed by atoms with Gasteiger partial charge in [-0.05, 0) is 31.0 Å². The summed E-state index contributed by atoms with van der Waals surface area (Å²) in [7, 11) is 0. The molecular weight excluding hydrogens is 626 g/mol. The molecule has 0 bridgehead atoms. The number of rotatable bonds is 15. The number of aliphatic hydroxyl groups is 4. The van der Waals surface area contributed by atoms with Gasteiger partial charge in [0.05, 0.1) is 44.1 Å². The van der Waals surface area contributed by atoms with Crippen LogP contribution in [0.3, 0.4) is 0 Å². The number of amides is 1. The summed E-state index contributed by atoms with van der Waals surface area (Å²) in [5, 5.41) is 66.0. The Morgan fingerprint density at radius 1 is 0.653 bits per heavy atom. The molecule has 12 nitrogen and oxygen atoms in total. The second-order valence-electron chi connectivity index (χ2n) is 13.0. The van der Waals surface area contributed by atoms with Crippen LogP contribution in [0.1, 0.15) is 43.7 Å². The summed E-state index contributed by atoms with van der Waals surface area (Å²) in [6.45, 7) is 9.12. The molecule has 12 heteroatoms. The molecule has 1 fully saturated rings. The van der Waals surface area contributed by atoms with Crippen LogP contribution in [-0.2, 0) is 26.2 Å². The largest absolute Gasteiger partial charge is 0.507 e. The van der Waals surface area contributed by atoms with Crippen molar-refractivity contribution in [2.75, 3.05) is 65.7 Å². The zero-order chi connectivity index (χ0) is 35.3. The molecule has 4 rings (SSSR count). The lowest BCUT2D eigenvalue weighted by Crippen LogP contribution is -2.40. The average Bonchev–Trinajstić information content (AvgIpc) is 3.18. The lowest BCUT2D eigenvalue weighted by Gasteiger charge is -2.27. The van der Waals surface area contributed by atoms with Gasteiger partial charge in [-0.3, -0.25) is 19.5 Å². The molecule has 8 N–H and O–H groups in total. The number of benzene rings is 3. The number of nitrogens with zero attached hydrogens (tertiary/aromatic N) is 3. The van der Waals surface area contributed by atoms with Crippen LogP contribution in [0, 0.1) is 13.8 Å². The van der Waals surface area contributed by atoms with Gasteiger partial charge in [-0.25, -0.2) is 0 Å². The van der Waals surface area contributed by atoms with Gasteiger partial charge in [0.25, 0.3) is 5.91 Å². The van der Waals surface area contributed by atoms with Crippen LogP contribution in [0.15, 0.2) is 54.6 Å². The highest BCUT2D eigenvalue weighted by Crippen LogP contribution is 2.28. The van der Waals surface area contributed by atoms with Crippen molar-refractivity contribution in [2.24, 2.45) is 0 Å². The van der Waals surface area contributed by atoms with E-state index in [0.29, 0.717) is 43.9 Å². The normalized spacial score (nSPS) is 15.3. The molecule has 0 radical (unpaired) electrons. The van der Waals surface area contributed by atoms with Gasteiger partial charge in [0.2, 0.25) is 0 Å². The van der Waals surface area contributed by atoms with E-state index >= 15 is 0 Å². The van der Waals surface area contributed by atoms with Crippen LogP contribution in [0.25, 0.3) is 0 Å². The highest BCUT2D eigenvalue weighted by Gasteiger charge is 2.23. The van der Waals surface area contributed by atoms with E-state index in [-0.39, 0.29) is 30.3 Å². The Labute approximate surface area is 289 Å². The van der Waals surface area contributed by atoms with Crippen LogP contribution in [0.4, 0.5) is 0 Å². The fourth-order valence-electron chi connectivity index (χ4n) is 6.17. The van der Waals surface area contributed by atoms with Gasteiger partial charge in [0, 0.05) is 82.1 Å². The van der Waals surface area contributed by atoms with E-state index in [0.717, 1.165) is 49.4 Å². The van der Waals surface area contributed by atoms with Crippen molar-refractivity contribution < 1.29 is 35.4 Å². The minimum absolute atomic E-state index is 0.100. The molecule has 1 saturated heterocycles. The number of aromatic hydroxyl groups is 2. The molecule has 0 aliphatic carbocycles. The topological polar surface area (TPSA) is 172 Å². The maximum atomic E-state index is 13.0. The van der Waals surface area contributed by atoms with E-state index < -0.39 is 31.2 Å². The van der Waals surface area contributed by atoms with Gasteiger partial charge < -0.3 is 41.3 Å². The lowest BCUT2D eigenvalue weighted by molar-refractivity contribution is 0.0876. The predicted molar refractivity (Wildman–Crippen MR) is 188 cm³/mol. The van der Waals surface area contributed by atoms with Crippen molar-refractivity contribution in [3.63, 3.8) is 0 Å². The summed E-state index contributed by atoms with van der Waals surface area (Å²) >= 11 is 0. The number of aryl methyl sites for hydroxylation is 2. The monoisotopic (exact) mass is 679 g/mol. The molecule has 1 amide bonds. The molecule has 1 aliphatic heterocycles. The van der Waals surface area contributed by atoms with Crippen LogP contribution < -0.4 is 10.6 Å². The SMILES string of the molecule is Cc1cc(CNC(CO)CO)c(O)c(CN2CCN(Cc3ccccc3)CCN(Cc3cc(C)cc(C(=O)NC(CO)CO)c3O)CC2)c1. The van der Waals surface area contributed by atoms with Crippen LogP contribution in [0.2, 0.25) is 0 Å². The molecule has 0 spiro atoms. The quantitative estimate of drug-likeness (QED) is 0.116. The number of phenols is 2. The summed E-state index contributed by atoms with van der Waals surface area (Å²) in [5.74, 6) is -0.479. The van der Waals surface area contributed by atoms with Gasteiger partial charge in [0.15, 0.2) is 0 Å². The Morgan fingerprint density at radius 3 is 1.65 bits per heavy atom. The van der Waals surface area contributed by atoms with Gasteiger partial charge in [-0.1, -0.05) is 54.1 Å². The van der Waals surface area contributed by atoms with E-state index in [2.05, 4.69) is 37.5 Å². The second-order valence-corrected chi connectivity index (χ2v) is 13.0. The molecule has 49 heavy (non-hydrogen) atoms. The zero-order valence-electron chi connectivity index (χ0n) is 28.7.